The zero-order chi connectivity index (χ0) is 28.0. The Labute approximate surface area is 247 Å². The number of aliphatic hydroxyl groups is 6. The first-order valence-electron chi connectivity index (χ1n) is 11.7. The van der Waals surface area contributed by atoms with Crippen molar-refractivity contribution in [2.24, 2.45) is 0 Å². The van der Waals surface area contributed by atoms with Crippen LogP contribution in [-0.4, -0.2) is 138 Å². The third-order valence-electron chi connectivity index (χ3n) is 6.09. The molecule has 6 N–H and O–H groups in total. The second-order valence-electron chi connectivity index (χ2n) is 8.76. The Hall–Kier alpha value is -0.670. The Morgan fingerprint density at radius 3 is 2.00 bits per heavy atom. The molecule has 0 amide bonds. The van der Waals surface area contributed by atoms with Crippen molar-refractivity contribution in [1.29, 1.82) is 0 Å². The van der Waals surface area contributed by atoms with E-state index < -0.39 is 90.5 Å². The summed E-state index contributed by atoms with van der Waals surface area (Å²) in [5.41, 5.74) is 0. The molecule has 3 rings (SSSR count). The van der Waals surface area contributed by atoms with E-state index in [2.05, 4.69) is 0 Å². The van der Waals surface area contributed by atoms with E-state index in [0.29, 0.717) is 5.75 Å². The minimum atomic E-state index is -4.50. The summed E-state index contributed by atoms with van der Waals surface area (Å²) in [6.07, 6.45) is -15.4. The molecule has 0 aromatic heterocycles. The molecule has 0 spiro atoms. The van der Waals surface area contributed by atoms with Crippen LogP contribution in [0.15, 0.2) is 24.3 Å². The predicted molar refractivity (Wildman–Crippen MR) is 123 cm³/mol. The first kappa shape index (κ1) is 34.5. The molecule has 2 aliphatic heterocycles. The zero-order valence-electron chi connectivity index (χ0n) is 21.4. The van der Waals surface area contributed by atoms with Crippen LogP contribution in [0.5, 0.6) is 11.5 Å². The van der Waals surface area contributed by atoms with Crippen molar-refractivity contribution < 1.29 is 102 Å². The predicted octanol–water partition coefficient (Wildman–Crippen LogP) is -6.34. The molecule has 1 aromatic carbocycles. The van der Waals surface area contributed by atoms with Crippen LogP contribution in [0, 0.1) is 0 Å². The van der Waals surface area contributed by atoms with E-state index in [1.165, 1.54) is 19.2 Å². The van der Waals surface area contributed by atoms with Crippen molar-refractivity contribution in [3.8, 4) is 11.5 Å². The molecular weight excluding hydrogens is 559 g/mol. The fraction of sp³-hybridized carbons (Fsp3) is 0.727. The monoisotopic (exact) mass is 592 g/mol. The third kappa shape index (κ3) is 9.16. The van der Waals surface area contributed by atoms with Gasteiger partial charge in [-0.05, 0) is 30.7 Å². The van der Waals surface area contributed by atoms with Gasteiger partial charge in [-0.2, -0.15) is 0 Å². The van der Waals surface area contributed by atoms with Crippen LogP contribution < -0.4 is 39.0 Å². The molecule has 2 aliphatic rings. The fourth-order valence-corrected chi connectivity index (χ4v) is 4.55. The molecule has 39 heavy (non-hydrogen) atoms. The van der Waals surface area contributed by atoms with E-state index in [9.17, 15) is 43.6 Å². The molecule has 0 aliphatic carbocycles. The molecule has 0 bridgehead atoms. The maximum Gasteiger partial charge on any atom is 1.00 e. The molecule has 0 radical (unpaired) electrons. The van der Waals surface area contributed by atoms with Crippen LogP contribution in [-0.2, 0) is 29.1 Å². The molecule has 2 fully saturated rings. The van der Waals surface area contributed by atoms with Gasteiger partial charge in [0.1, 0.15) is 60.3 Å². The molecular formula is C22H33NaO15S. The van der Waals surface area contributed by atoms with Gasteiger partial charge in [-0.15, -0.1) is 0 Å². The van der Waals surface area contributed by atoms with E-state index in [1.807, 2.05) is 0 Å². The van der Waals surface area contributed by atoms with Crippen molar-refractivity contribution in [2.75, 3.05) is 32.7 Å². The number of hydrogen-bond acceptors (Lipinski definition) is 15. The van der Waals surface area contributed by atoms with Crippen LogP contribution in [0.4, 0.5) is 0 Å². The Morgan fingerprint density at radius 1 is 0.846 bits per heavy atom. The van der Waals surface area contributed by atoms with Crippen LogP contribution in [0.2, 0.25) is 0 Å². The summed E-state index contributed by atoms with van der Waals surface area (Å²) in [5, 5.41) is 61.9. The zero-order valence-corrected chi connectivity index (χ0v) is 24.2. The molecule has 1 aromatic rings. The Bertz CT molecular complexity index is 965. The summed E-state index contributed by atoms with van der Waals surface area (Å²) in [6.45, 7) is -1.76. The maximum absolute atomic E-state index is 10.8. The molecule has 0 saturated carbocycles. The first-order valence-corrected chi connectivity index (χ1v) is 13.3. The van der Waals surface area contributed by atoms with Gasteiger partial charge in [0.15, 0.2) is 6.29 Å². The second kappa shape index (κ2) is 15.5. The normalized spacial score (nSPS) is 35.2. The Morgan fingerprint density at radius 2 is 1.44 bits per heavy atom. The minimum absolute atomic E-state index is 0. The van der Waals surface area contributed by atoms with Crippen molar-refractivity contribution in [2.45, 2.75) is 67.8 Å². The van der Waals surface area contributed by atoms with Gasteiger partial charge in [0.2, 0.25) is 6.29 Å². The molecule has 2 heterocycles. The summed E-state index contributed by atoms with van der Waals surface area (Å²) in [7, 11) is -3.01. The van der Waals surface area contributed by atoms with Crippen molar-refractivity contribution >= 4 is 10.1 Å². The van der Waals surface area contributed by atoms with E-state index in [-0.39, 0.29) is 48.3 Å². The van der Waals surface area contributed by atoms with Crippen molar-refractivity contribution in [1.82, 2.24) is 0 Å². The van der Waals surface area contributed by atoms with Crippen LogP contribution >= 0.6 is 0 Å². The summed E-state index contributed by atoms with van der Waals surface area (Å²) >= 11 is 0. The number of methoxy groups -OCH3 is 1. The van der Waals surface area contributed by atoms with E-state index in [0.717, 1.165) is 0 Å². The van der Waals surface area contributed by atoms with Crippen molar-refractivity contribution in [3.05, 3.63) is 24.3 Å². The average Bonchev–Trinajstić information content (AvgIpc) is 2.88. The fourth-order valence-electron chi connectivity index (χ4n) is 4.08. The SMILES string of the molecule is COc1ccc(O[C@@H]2O[C@H](CO)[C@@H](O[C@@H]3O[C@H](CO)[C@H](O)[C@H](OCCCS(=O)(=O)[O-])[C@H]3O)[C@H](O)[C@H]2O)cc1.[Na+]. The van der Waals surface area contributed by atoms with E-state index in [1.54, 1.807) is 12.1 Å². The van der Waals surface area contributed by atoms with E-state index >= 15 is 0 Å². The summed E-state index contributed by atoms with van der Waals surface area (Å²) in [6, 6.07) is 6.28. The summed E-state index contributed by atoms with van der Waals surface area (Å²) in [5.74, 6) is 0.0978. The van der Waals surface area contributed by atoms with Gasteiger partial charge in [-0.25, -0.2) is 8.42 Å². The quantitative estimate of drug-likeness (QED) is 0.0752. The van der Waals surface area contributed by atoms with Gasteiger partial charge in [0, 0.05) is 12.4 Å². The molecule has 15 nitrogen and oxygen atoms in total. The third-order valence-corrected chi connectivity index (χ3v) is 6.88. The van der Waals surface area contributed by atoms with Gasteiger partial charge >= 0.3 is 29.6 Å². The van der Waals surface area contributed by atoms with Gasteiger partial charge in [-0.1, -0.05) is 0 Å². The largest absolute Gasteiger partial charge is 1.00 e. The second-order valence-corrected chi connectivity index (χ2v) is 10.3. The first-order chi connectivity index (χ1) is 18.0. The molecule has 218 valence electrons. The molecule has 0 unspecified atom stereocenters. The maximum atomic E-state index is 10.8. The van der Waals surface area contributed by atoms with Gasteiger partial charge < -0.3 is 63.6 Å². The topological polar surface area (TPSA) is 234 Å². The number of ether oxygens (including phenoxy) is 6. The smallest absolute Gasteiger partial charge is 0.748 e. The Kier molecular flexibility index (Phi) is 13.7. The van der Waals surface area contributed by atoms with Crippen LogP contribution in [0.3, 0.4) is 0 Å². The van der Waals surface area contributed by atoms with E-state index in [4.69, 9.17) is 28.4 Å². The van der Waals surface area contributed by atoms with Crippen LogP contribution in [0.1, 0.15) is 6.42 Å². The van der Waals surface area contributed by atoms with Gasteiger partial charge in [-0.3, -0.25) is 0 Å². The standard InChI is InChI=1S/C22H34O15S.Na/c1-32-11-3-5-12(6-4-11)34-21-17(27)16(26)19(14(10-24)36-21)37-22-18(28)20(15(25)13(9-23)35-22)33-7-2-8-38(29,30)31;/h3-6,13-28H,2,7-10H2,1H3,(H,29,30,31);/q;+1/p-1/t13-,14-,15+,16-,17-,18-,19-,20+,21-,22+;/m1./s1. The number of hydrogen-bond donors (Lipinski definition) is 6. The van der Waals surface area contributed by atoms with Gasteiger partial charge in [0.25, 0.3) is 0 Å². The van der Waals surface area contributed by atoms with Crippen LogP contribution in [0.25, 0.3) is 0 Å². The number of benzene rings is 1. The number of aliphatic hydroxyl groups excluding tert-OH is 6. The summed E-state index contributed by atoms with van der Waals surface area (Å²) in [4.78, 5) is 0. The molecule has 10 atom stereocenters. The summed E-state index contributed by atoms with van der Waals surface area (Å²) < 4.78 is 65.0. The minimum Gasteiger partial charge on any atom is -0.748 e. The molecule has 2 saturated heterocycles. The molecule has 17 heteroatoms. The van der Waals surface area contributed by atoms with Crippen molar-refractivity contribution in [3.63, 3.8) is 0 Å². The number of rotatable bonds is 12. The Balaban J connectivity index is 0.00000533. The van der Waals surface area contributed by atoms with Gasteiger partial charge in [0.05, 0.1) is 30.4 Å². The average molecular weight is 593 g/mol.